The number of anilines is 1. The molecule has 0 fully saturated rings. The Morgan fingerprint density at radius 2 is 2.10 bits per heavy atom. The molecule has 0 spiro atoms. The fraction of sp³-hybridized carbons (Fsp3) is 0.533. The number of rotatable bonds is 10. The first-order valence-electron chi connectivity index (χ1n) is 7.10. The number of carbonyl (C=O) groups is 1. The number of amides is 2. The third-order valence-electron chi connectivity index (χ3n) is 2.60. The molecule has 0 saturated carbocycles. The Hall–Kier alpha value is -1.79. The topological polar surface area (TPSA) is 68.8 Å². The van der Waals surface area contributed by atoms with Gasteiger partial charge in [0.05, 0.1) is 6.61 Å². The Kier molecular flexibility index (Phi) is 8.99. The van der Waals surface area contributed by atoms with Crippen molar-refractivity contribution in [1.82, 2.24) is 5.32 Å². The van der Waals surface area contributed by atoms with Crippen LogP contribution in [0.4, 0.5) is 10.5 Å². The second-order valence-corrected chi connectivity index (χ2v) is 4.30. The van der Waals surface area contributed by atoms with Gasteiger partial charge in [-0.15, -0.1) is 0 Å². The molecule has 0 unspecified atom stereocenters. The number of urea groups is 1. The molecular formula is C15H24N2O4. The normalized spacial score (nSPS) is 10.2. The zero-order valence-corrected chi connectivity index (χ0v) is 12.7. The molecule has 6 heteroatoms. The average molecular weight is 296 g/mol. The first kappa shape index (κ1) is 17.3. The van der Waals surface area contributed by atoms with Crippen molar-refractivity contribution < 1.29 is 19.0 Å². The van der Waals surface area contributed by atoms with E-state index in [2.05, 4.69) is 10.6 Å². The fourth-order valence-corrected chi connectivity index (χ4v) is 1.60. The molecule has 0 saturated heterocycles. The molecule has 0 radical (unpaired) electrons. The van der Waals surface area contributed by atoms with E-state index in [-0.39, 0.29) is 6.03 Å². The molecule has 0 aliphatic rings. The maximum Gasteiger partial charge on any atom is 0.319 e. The molecule has 118 valence electrons. The third kappa shape index (κ3) is 8.16. The first-order chi connectivity index (χ1) is 10.3. The van der Waals surface area contributed by atoms with Crippen molar-refractivity contribution in [1.29, 1.82) is 0 Å². The van der Waals surface area contributed by atoms with Crippen molar-refractivity contribution in [2.45, 2.75) is 13.3 Å². The summed E-state index contributed by atoms with van der Waals surface area (Å²) in [6.07, 6.45) is 0.793. The summed E-state index contributed by atoms with van der Waals surface area (Å²) in [6, 6.07) is 7.01. The van der Waals surface area contributed by atoms with E-state index in [0.717, 1.165) is 6.42 Å². The van der Waals surface area contributed by atoms with E-state index in [4.69, 9.17) is 14.2 Å². The van der Waals surface area contributed by atoms with Gasteiger partial charge in [0.2, 0.25) is 0 Å². The lowest BCUT2D eigenvalue weighted by Crippen LogP contribution is -2.30. The number of nitrogens with one attached hydrogen (secondary N) is 2. The van der Waals surface area contributed by atoms with Crippen LogP contribution < -0.4 is 15.4 Å². The highest BCUT2D eigenvalue weighted by Crippen LogP contribution is 2.17. The fourth-order valence-electron chi connectivity index (χ4n) is 1.60. The van der Waals surface area contributed by atoms with Crippen LogP contribution in [0.3, 0.4) is 0 Å². The number of benzene rings is 1. The zero-order chi connectivity index (χ0) is 15.3. The maximum absolute atomic E-state index is 11.7. The maximum atomic E-state index is 11.7. The van der Waals surface area contributed by atoms with Crippen molar-refractivity contribution >= 4 is 11.7 Å². The van der Waals surface area contributed by atoms with E-state index in [9.17, 15) is 4.79 Å². The van der Waals surface area contributed by atoms with Crippen LogP contribution in [0.15, 0.2) is 24.3 Å². The van der Waals surface area contributed by atoms with E-state index in [1.54, 1.807) is 13.2 Å². The number of ether oxygens (including phenoxy) is 3. The van der Waals surface area contributed by atoms with E-state index in [0.29, 0.717) is 44.4 Å². The van der Waals surface area contributed by atoms with E-state index < -0.39 is 0 Å². The van der Waals surface area contributed by atoms with Crippen LogP contribution in [-0.4, -0.2) is 46.1 Å². The van der Waals surface area contributed by atoms with Gasteiger partial charge < -0.3 is 24.8 Å². The number of hydrogen-bond acceptors (Lipinski definition) is 4. The standard InChI is InChI=1S/C15H24N2O4/c1-3-20-9-5-8-16-15(18)17-13-6-4-7-14(12-13)21-11-10-19-2/h4,6-7,12H,3,5,8-11H2,1-2H3,(H2,16,17,18). The average Bonchev–Trinajstić information content (AvgIpc) is 2.48. The monoisotopic (exact) mass is 296 g/mol. The van der Waals surface area contributed by atoms with Crippen LogP contribution in [0.2, 0.25) is 0 Å². The van der Waals surface area contributed by atoms with Crippen LogP contribution in [0.25, 0.3) is 0 Å². The van der Waals surface area contributed by atoms with Crippen LogP contribution in [0.5, 0.6) is 5.75 Å². The molecule has 0 bridgehead atoms. The summed E-state index contributed by atoms with van der Waals surface area (Å²) < 4.78 is 15.6. The summed E-state index contributed by atoms with van der Waals surface area (Å²) in [5.41, 5.74) is 0.687. The Morgan fingerprint density at radius 1 is 1.24 bits per heavy atom. The van der Waals surface area contributed by atoms with Gasteiger partial charge in [0.15, 0.2) is 0 Å². The summed E-state index contributed by atoms with van der Waals surface area (Å²) in [6.45, 7) is 4.88. The molecule has 0 heterocycles. The zero-order valence-electron chi connectivity index (χ0n) is 12.7. The Morgan fingerprint density at radius 3 is 2.86 bits per heavy atom. The predicted molar refractivity (Wildman–Crippen MR) is 81.9 cm³/mol. The largest absolute Gasteiger partial charge is 0.491 e. The molecule has 2 amide bonds. The summed E-state index contributed by atoms with van der Waals surface area (Å²) in [4.78, 5) is 11.7. The second kappa shape index (κ2) is 10.9. The Bertz CT molecular complexity index is 412. The molecule has 6 nitrogen and oxygen atoms in total. The lowest BCUT2D eigenvalue weighted by atomic mass is 10.3. The van der Waals surface area contributed by atoms with E-state index in [1.807, 2.05) is 25.1 Å². The van der Waals surface area contributed by atoms with Gasteiger partial charge in [0.25, 0.3) is 0 Å². The van der Waals surface area contributed by atoms with Crippen molar-refractivity contribution in [2.24, 2.45) is 0 Å². The molecule has 0 aromatic heterocycles. The van der Waals surface area contributed by atoms with Crippen molar-refractivity contribution in [2.75, 3.05) is 45.4 Å². The molecule has 2 N–H and O–H groups in total. The van der Waals surface area contributed by atoms with Gasteiger partial charge in [-0.2, -0.15) is 0 Å². The highest BCUT2D eigenvalue weighted by Gasteiger charge is 2.02. The number of carbonyl (C=O) groups excluding carboxylic acids is 1. The van der Waals surface area contributed by atoms with Gasteiger partial charge in [-0.25, -0.2) is 4.79 Å². The highest BCUT2D eigenvalue weighted by atomic mass is 16.5. The van der Waals surface area contributed by atoms with Gasteiger partial charge in [-0.1, -0.05) is 6.07 Å². The molecule has 1 aromatic rings. The Labute approximate surface area is 125 Å². The first-order valence-corrected chi connectivity index (χ1v) is 7.10. The predicted octanol–water partition coefficient (Wildman–Crippen LogP) is 2.26. The smallest absolute Gasteiger partial charge is 0.319 e. The van der Waals surface area contributed by atoms with Crippen LogP contribution in [0.1, 0.15) is 13.3 Å². The summed E-state index contributed by atoms with van der Waals surface area (Å²) >= 11 is 0. The number of hydrogen-bond donors (Lipinski definition) is 2. The molecule has 21 heavy (non-hydrogen) atoms. The summed E-state index contributed by atoms with van der Waals surface area (Å²) in [5.74, 6) is 0.696. The van der Waals surface area contributed by atoms with Gasteiger partial charge in [0.1, 0.15) is 12.4 Å². The second-order valence-electron chi connectivity index (χ2n) is 4.30. The highest BCUT2D eigenvalue weighted by molar-refractivity contribution is 5.89. The quantitative estimate of drug-likeness (QED) is 0.650. The van der Waals surface area contributed by atoms with Gasteiger partial charge in [-0.3, -0.25) is 0 Å². The molecule has 0 aliphatic carbocycles. The van der Waals surface area contributed by atoms with Gasteiger partial charge in [0, 0.05) is 38.6 Å². The minimum absolute atomic E-state index is 0.236. The van der Waals surface area contributed by atoms with Crippen LogP contribution in [0, 0.1) is 0 Å². The molecule has 1 rings (SSSR count). The third-order valence-corrected chi connectivity index (χ3v) is 2.60. The van der Waals surface area contributed by atoms with Gasteiger partial charge in [-0.05, 0) is 25.5 Å². The lowest BCUT2D eigenvalue weighted by Gasteiger charge is -2.10. The lowest BCUT2D eigenvalue weighted by molar-refractivity contribution is 0.145. The molecular weight excluding hydrogens is 272 g/mol. The van der Waals surface area contributed by atoms with Gasteiger partial charge >= 0.3 is 6.03 Å². The molecule has 1 aromatic carbocycles. The number of methoxy groups -OCH3 is 1. The van der Waals surface area contributed by atoms with Crippen LogP contribution >= 0.6 is 0 Å². The van der Waals surface area contributed by atoms with E-state index in [1.165, 1.54) is 0 Å². The SMILES string of the molecule is CCOCCCNC(=O)Nc1cccc(OCCOC)c1. The van der Waals surface area contributed by atoms with Crippen LogP contribution in [-0.2, 0) is 9.47 Å². The minimum atomic E-state index is -0.236. The van der Waals surface area contributed by atoms with E-state index >= 15 is 0 Å². The molecule has 0 atom stereocenters. The Balaban J connectivity index is 2.29. The van der Waals surface area contributed by atoms with Crippen molar-refractivity contribution in [3.8, 4) is 5.75 Å². The van der Waals surface area contributed by atoms with Crippen molar-refractivity contribution in [3.05, 3.63) is 24.3 Å². The minimum Gasteiger partial charge on any atom is -0.491 e. The summed E-state index contributed by atoms with van der Waals surface area (Å²) in [7, 11) is 1.62. The summed E-state index contributed by atoms with van der Waals surface area (Å²) in [5, 5.41) is 5.53. The molecule has 0 aliphatic heterocycles. The van der Waals surface area contributed by atoms with Crippen molar-refractivity contribution in [3.63, 3.8) is 0 Å².